The Hall–Kier alpha value is -3.15. The van der Waals surface area contributed by atoms with Crippen molar-refractivity contribution in [3.63, 3.8) is 0 Å². The van der Waals surface area contributed by atoms with E-state index in [0.29, 0.717) is 6.42 Å². The largest absolute Gasteiger partial charge is 0.467 e. The summed E-state index contributed by atoms with van der Waals surface area (Å²) in [6, 6.07) is 14.7. The van der Waals surface area contributed by atoms with Gasteiger partial charge >= 0.3 is 5.97 Å². The second-order valence-electron chi connectivity index (χ2n) is 6.37. The first-order valence-electron chi connectivity index (χ1n) is 8.50. The van der Waals surface area contributed by atoms with Crippen LogP contribution in [0.5, 0.6) is 0 Å². The number of methoxy groups -OCH3 is 1. The molecule has 0 unspecified atom stereocenters. The number of hydrogen-bond acceptors (Lipinski definition) is 4. The summed E-state index contributed by atoms with van der Waals surface area (Å²) in [6.07, 6.45) is 0.470. The SMILES string of the molecule is COC(=O)[C@H]1Cc2ccccc2N1C(=O)Cn1c(C)nc2ccccc21. The fraction of sp³-hybridized carbons (Fsp3) is 0.250. The van der Waals surface area contributed by atoms with E-state index in [9.17, 15) is 9.59 Å². The lowest BCUT2D eigenvalue weighted by molar-refractivity contribution is -0.143. The number of imidazole rings is 1. The topological polar surface area (TPSA) is 64.4 Å². The summed E-state index contributed by atoms with van der Waals surface area (Å²) in [4.78, 5) is 31.5. The number of ether oxygens (including phenoxy) is 1. The van der Waals surface area contributed by atoms with Gasteiger partial charge in [0.05, 0.1) is 18.1 Å². The zero-order chi connectivity index (χ0) is 18.3. The molecule has 6 nitrogen and oxygen atoms in total. The highest BCUT2D eigenvalue weighted by atomic mass is 16.5. The third-order valence-electron chi connectivity index (χ3n) is 4.86. The van der Waals surface area contributed by atoms with Gasteiger partial charge in [-0.25, -0.2) is 9.78 Å². The van der Waals surface area contributed by atoms with Crippen LogP contribution in [0.2, 0.25) is 0 Å². The lowest BCUT2D eigenvalue weighted by Crippen LogP contribution is -2.45. The van der Waals surface area contributed by atoms with Crippen LogP contribution in [-0.2, 0) is 27.3 Å². The molecule has 1 aliphatic rings. The molecule has 2 aromatic carbocycles. The van der Waals surface area contributed by atoms with Gasteiger partial charge in [0.15, 0.2) is 0 Å². The molecule has 0 radical (unpaired) electrons. The van der Waals surface area contributed by atoms with E-state index in [-0.39, 0.29) is 12.5 Å². The third kappa shape index (κ3) is 2.54. The Bertz CT molecular complexity index is 1010. The third-order valence-corrected chi connectivity index (χ3v) is 4.86. The number of carbonyl (C=O) groups excluding carboxylic acids is 2. The van der Waals surface area contributed by atoms with Gasteiger partial charge < -0.3 is 9.30 Å². The standard InChI is InChI=1S/C20H19N3O3/c1-13-21-15-8-4-6-10-17(15)22(13)12-19(24)23-16-9-5-3-7-14(16)11-18(23)20(25)26-2/h3-10,18H,11-12H2,1-2H3/t18-/m1/s1. The van der Waals surface area contributed by atoms with E-state index >= 15 is 0 Å². The quantitative estimate of drug-likeness (QED) is 0.682. The number of esters is 1. The number of amides is 1. The number of rotatable bonds is 3. The molecule has 1 amide bonds. The summed E-state index contributed by atoms with van der Waals surface area (Å²) in [5.41, 5.74) is 3.50. The average Bonchev–Trinajstić information content (AvgIpc) is 3.19. The number of fused-ring (bicyclic) bond motifs is 2. The molecule has 2 heterocycles. The monoisotopic (exact) mass is 349 g/mol. The molecule has 0 saturated carbocycles. The Morgan fingerprint density at radius 1 is 1.15 bits per heavy atom. The smallest absolute Gasteiger partial charge is 0.329 e. The summed E-state index contributed by atoms with van der Waals surface area (Å²) < 4.78 is 6.80. The van der Waals surface area contributed by atoms with Crippen molar-refractivity contribution in [2.45, 2.75) is 25.9 Å². The maximum atomic E-state index is 13.2. The van der Waals surface area contributed by atoms with Crippen LogP contribution in [0.1, 0.15) is 11.4 Å². The predicted molar refractivity (Wildman–Crippen MR) is 97.9 cm³/mol. The zero-order valence-corrected chi connectivity index (χ0v) is 14.7. The van der Waals surface area contributed by atoms with E-state index in [1.165, 1.54) is 7.11 Å². The van der Waals surface area contributed by atoms with Gasteiger partial charge in [-0.2, -0.15) is 0 Å². The number of aromatic nitrogens is 2. The summed E-state index contributed by atoms with van der Waals surface area (Å²) in [7, 11) is 1.35. The Morgan fingerprint density at radius 3 is 2.69 bits per heavy atom. The van der Waals surface area contributed by atoms with Crippen molar-refractivity contribution in [1.29, 1.82) is 0 Å². The van der Waals surface area contributed by atoms with Gasteiger partial charge in [-0.1, -0.05) is 30.3 Å². The van der Waals surface area contributed by atoms with Gasteiger partial charge in [0.1, 0.15) is 18.4 Å². The lowest BCUT2D eigenvalue weighted by atomic mass is 10.1. The molecule has 0 saturated heterocycles. The second-order valence-corrected chi connectivity index (χ2v) is 6.37. The lowest BCUT2D eigenvalue weighted by Gasteiger charge is -2.24. The molecule has 6 heteroatoms. The van der Waals surface area contributed by atoms with Crippen molar-refractivity contribution in [3.05, 3.63) is 59.9 Å². The number of para-hydroxylation sites is 3. The Balaban J connectivity index is 1.71. The number of benzene rings is 2. The van der Waals surface area contributed by atoms with Crippen LogP contribution in [0.3, 0.4) is 0 Å². The van der Waals surface area contributed by atoms with Crippen LogP contribution < -0.4 is 4.90 Å². The maximum absolute atomic E-state index is 13.2. The molecule has 1 aliphatic heterocycles. The molecule has 1 aromatic heterocycles. The van der Waals surface area contributed by atoms with Crippen molar-refractivity contribution in [2.75, 3.05) is 12.0 Å². The van der Waals surface area contributed by atoms with Gasteiger partial charge in [-0.05, 0) is 30.7 Å². The number of hydrogen-bond donors (Lipinski definition) is 0. The normalized spacial score (nSPS) is 15.9. The summed E-state index contributed by atoms with van der Waals surface area (Å²) in [5.74, 6) is 0.208. The van der Waals surface area contributed by atoms with Crippen molar-refractivity contribution in [2.24, 2.45) is 0 Å². The Kier molecular flexibility index (Phi) is 3.95. The Labute approximate surface area is 151 Å². The van der Waals surface area contributed by atoms with Crippen molar-refractivity contribution < 1.29 is 14.3 Å². The molecule has 4 rings (SSSR count). The van der Waals surface area contributed by atoms with Crippen molar-refractivity contribution >= 4 is 28.6 Å². The molecule has 0 N–H and O–H groups in total. The number of carbonyl (C=O) groups is 2. The number of nitrogens with zero attached hydrogens (tertiary/aromatic N) is 3. The Morgan fingerprint density at radius 2 is 1.88 bits per heavy atom. The highest BCUT2D eigenvalue weighted by Crippen LogP contribution is 2.33. The minimum absolute atomic E-state index is 0.119. The van der Waals surface area contributed by atoms with Crippen LogP contribution in [0, 0.1) is 6.92 Å². The number of aryl methyl sites for hydroxylation is 1. The van der Waals surface area contributed by atoms with Crippen LogP contribution in [0.15, 0.2) is 48.5 Å². The average molecular weight is 349 g/mol. The van der Waals surface area contributed by atoms with Crippen LogP contribution in [0.25, 0.3) is 11.0 Å². The zero-order valence-electron chi connectivity index (χ0n) is 14.7. The number of anilines is 1. The highest BCUT2D eigenvalue weighted by Gasteiger charge is 2.39. The minimum Gasteiger partial charge on any atom is -0.467 e. The fourth-order valence-electron chi connectivity index (χ4n) is 3.63. The molecule has 0 aliphatic carbocycles. The first-order valence-corrected chi connectivity index (χ1v) is 8.50. The predicted octanol–water partition coefficient (Wildman–Crippen LogP) is 2.48. The molecule has 3 aromatic rings. The van der Waals surface area contributed by atoms with Gasteiger partial charge in [-0.15, -0.1) is 0 Å². The molecule has 26 heavy (non-hydrogen) atoms. The maximum Gasteiger partial charge on any atom is 0.329 e. The van der Waals surface area contributed by atoms with E-state index in [2.05, 4.69) is 4.98 Å². The van der Waals surface area contributed by atoms with Gasteiger partial charge in [0, 0.05) is 12.1 Å². The highest BCUT2D eigenvalue weighted by molar-refractivity contribution is 6.02. The van der Waals surface area contributed by atoms with Gasteiger partial charge in [0.2, 0.25) is 5.91 Å². The van der Waals surface area contributed by atoms with E-state index < -0.39 is 12.0 Å². The first-order chi connectivity index (χ1) is 12.6. The molecule has 0 fully saturated rings. The van der Waals surface area contributed by atoms with Crippen LogP contribution in [-0.4, -0.2) is 34.6 Å². The summed E-state index contributed by atoms with van der Waals surface area (Å²) in [5, 5.41) is 0. The van der Waals surface area contributed by atoms with Gasteiger partial charge in [0.25, 0.3) is 0 Å². The summed E-state index contributed by atoms with van der Waals surface area (Å²) >= 11 is 0. The molecule has 0 bridgehead atoms. The fourth-order valence-corrected chi connectivity index (χ4v) is 3.63. The van der Waals surface area contributed by atoms with Crippen LogP contribution >= 0.6 is 0 Å². The first kappa shape index (κ1) is 16.3. The second kappa shape index (κ2) is 6.29. The van der Waals surface area contributed by atoms with Crippen LogP contribution in [0.4, 0.5) is 5.69 Å². The van der Waals surface area contributed by atoms with E-state index in [1.807, 2.05) is 60.0 Å². The van der Waals surface area contributed by atoms with E-state index in [0.717, 1.165) is 28.1 Å². The van der Waals surface area contributed by atoms with E-state index in [1.54, 1.807) is 4.90 Å². The van der Waals surface area contributed by atoms with Gasteiger partial charge in [-0.3, -0.25) is 9.69 Å². The van der Waals surface area contributed by atoms with Crippen molar-refractivity contribution in [1.82, 2.24) is 9.55 Å². The molecular formula is C20H19N3O3. The molecule has 132 valence electrons. The minimum atomic E-state index is -0.625. The summed E-state index contributed by atoms with van der Waals surface area (Å²) in [6.45, 7) is 2.00. The van der Waals surface area contributed by atoms with Crippen molar-refractivity contribution in [3.8, 4) is 0 Å². The molecular weight excluding hydrogens is 330 g/mol. The van der Waals surface area contributed by atoms with E-state index in [4.69, 9.17) is 4.74 Å². The molecule has 0 spiro atoms. The molecule has 1 atom stereocenters.